The van der Waals surface area contributed by atoms with E-state index in [1.807, 2.05) is 0 Å². The number of H-pyrrole nitrogens is 1. The lowest BCUT2D eigenvalue weighted by atomic mass is 9.80. The maximum Gasteiger partial charge on any atom is 0.342 e. The van der Waals surface area contributed by atoms with Crippen molar-refractivity contribution in [1.29, 1.82) is 0 Å². The molecule has 0 amide bonds. The van der Waals surface area contributed by atoms with Crippen LogP contribution >= 0.6 is 12.4 Å². The zero-order valence-corrected chi connectivity index (χ0v) is 16.0. The molecule has 9 nitrogen and oxygen atoms in total. The molecule has 0 saturated carbocycles. The molecule has 0 aliphatic carbocycles. The first-order valence-electron chi connectivity index (χ1n) is 7.84. The van der Waals surface area contributed by atoms with E-state index in [2.05, 4.69) is 20.2 Å². The number of piperidine rings is 1. The molecule has 1 fully saturated rings. The number of nitrogens with zero attached hydrogens (tertiary/aromatic N) is 1. The monoisotopic (exact) mass is 396 g/mol. The predicted octanol–water partition coefficient (Wildman–Crippen LogP) is 0.303. The molecule has 0 spiro atoms. The van der Waals surface area contributed by atoms with Gasteiger partial charge >= 0.3 is 5.97 Å². The molecule has 1 aromatic rings. The Morgan fingerprint density at radius 3 is 2.68 bits per heavy atom. The fourth-order valence-electron chi connectivity index (χ4n) is 2.79. The fourth-order valence-corrected chi connectivity index (χ4v) is 4.03. The number of sulfonamides is 1. The van der Waals surface area contributed by atoms with E-state index in [4.69, 9.17) is 9.47 Å². The van der Waals surface area contributed by atoms with E-state index in [0.717, 1.165) is 32.1 Å². The molecular formula is C14H25ClN4O5S. The second kappa shape index (κ2) is 9.48. The van der Waals surface area contributed by atoms with Gasteiger partial charge in [-0.05, 0) is 32.9 Å². The van der Waals surface area contributed by atoms with Crippen molar-refractivity contribution < 1.29 is 22.7 Å². The minimum absolute atomic E-state index is 0. The third-order valence-corrected chi connectivity index (χ3v) is 5.49. The zero-order valence-electron chi connectivity index (χ0n) is 14.3. The smallest absolute Gasteiger partial charge is 0.342 e. The van der Waals surface area contributed by atoms with E-state index >= 15 is 0 Å². The highest BCUT2D eigenvalue weighted by Crippen LogP contribution is 2.29. The number of methoxy groups -OCH3 is 1. The lowest BCUT2D eigenvalue weighted by molar-refractivity contribution is 0.0521. The Labute approximate surface area is 153 Å². The average molecular weight is 397 g/mol. The Kier molecular flexibility index (Phi) is 8.29. The van der Waals surface area contributed by atoms with Crippen LogP contribution in [-0.4, -0.2) is 64.5 Å². The van der Waals surface area contributed by atoms with Gasteiger partial charge in [-0.2, -0.15) is 5.10 Å². The lowest BCUT2D eigenvalue weighted by Crippen LogP contribution is -2.47. The normalized spacial score (nSPS) is 16.9. The van der Waals surface area contributed by atoms with Crippen molar-refractivity contribution in [2.24, 2.45) is 5.41 Å². The second-order valence-electron chi connectivity index (χ2n) is 5.84. The van der Waals surface area contributed by atoms with Crippen LogP contribution in [0.1, 0.15) is 30.1 Å². The Hall–Kier alpha value is -1.20. The summed E-state index contributed by atoms with van der Waals surface area (Å²) in [7, 11) is -2.31. The molecule has 0 radical (unpaired) electrons. The van der Waals surface area contributed by atoms with Gasteiger partial charge in [-0.25, -0.2) is 17.9 Å². The number of carbonyl (C=O) groups excluding carboxylic acids is 1. The van der Waals surface area contributed by atoms with E-state index < -0.39 is 16.0 Å². The van der Waals surface area contributed by atoms with Crippen molar-refractivity contribution in [3.05, 3.63) is 11.8 Å². The summed E-state index contributed by atoms with van der Waals surface area (Å²) in [5.74, 6) is -0.722. The summed E-state index contributed by atoms with van der Waals surface area (Å²) in [5, 5.41) is 9.01. The average Bonchev–Trinajstić information content (AvgIpc) is 3.05. The van der Waals surface area contributed by atoms with Gasteiger partial charge in [0.2, 0.25) is 0 Å². The van der Waals surface area contributed by atoms with Crippen LogP contribution in [0.2, 0.25) is 0 Å². The predicted molar refractivity (Wildman–Crippen MR) is 93.4 cm³/mol. The van der Waals surface area contributed by atoms with Crippen LogP contribution < -0.4 is 10.0 Å². The molecule has 11 heteroatoms. The van der Waals surface area contributed by atoms with Gasteiger partial charge in [0.25, 0.3) is 10.0 Å². The molecule has 3 N–H and O–H groups in total. The maximum absolute atomic E-state index is 12.6. The minimum Gasteiger partial charge on any atom is -0.462 e. The number of aromatic nitrogens is 2. The molecule has 1 aliphatic heterocycles. The van der Waals surface area contributed by atoms with Crippen LogP contribution in [0.5, 0.6) is 0 Å². The lowest BCUT2D eigenvalue weighted by Gasteiger charge is -2.37. The third-order valence-electron chi connectivity index (χ3n) is 4.12. The molecule has 0 unspecified atom stereocenters. The second-order valence-corrected chi connectivity index (χ2v) is 7.54. The number of esters is 1. The summed E-state index contributed by atoms with van der Waals surface area (Å²) >= 11 is 0. The fraction of sp³-hybridized carbons (Fsp3) is 0.714. The molecule has 0 atom stereocenters. The van der Waals surface area contributed by atoms with Crippen LogP contribution in [0.25, 0.3) is 0 Å². The maximum atomic E-state index is 12.6. The SMILES string of the molecule is CCOC(=O)c1cn[nH]c1S(=O)(=O)NCC1(COC)CCNCC1.Cl. The first-order valence-corrected chi connectivity index (χ1v) is 9.32. The van der Waals surface area contributed by atoms with E-state index in [-0.39, 0.29) is 41.6 Å². The summed E-state index contributed by atoms with van der Waals surface area (Å²) in [5.41, 5.74) is -0.368. The van der Waals surface area contributed by atoms with Gasteiger partial charge in [0, 0.05) is 19.1 Å². The van der Waals surface area contributed by atoms with Crippen molar-refractivity contribution in [3.8, 4) is 0 Å². The largest absolute Gasteiger partial charge is 0.462 e. The molecule has 1 saturated heterocycles. The summed E-state index contributed by atoms with van der Waals surface area (Å²) in [6.07, 6.45) is 2.76. The van der Waals surface area contributed by atoms with Gasteiger partial charge in [0.1, 0.15) is 5.56 Å². The quantitative estimate of drug-likeness (QED) is 0.540. The van der Waals surface area contributed by atoms with Gasteiger partial charge in [-0.15, -0.1) is 12.4 Å². The molecule has 0 bridgehead atoms. The molecule has 1 aromatic heterocycles. The molecule has 0 aromatic carbocycles. The van der Waals surface area contributed by atoms with Crippen molar-refractivity contribution in [2.75, 3.05) is 40.0 Å². The van der Waals surface area contributed by atoms with Crippen molar-refractivity contribution in [1.82, 2.24) is 20.2 Å². The number of halogens is 1. The van der Waals surface area contributed by atoms with Crippen LogP contribution in [-0.2, 0) is 19.5 Å². The molecule has 2 heterocycles. The van der Waals surface area contributed by atoms with Crippen molar-refractivity contribution in [3.63, 3.8) is 0 Å². The van der Waals surface area contributed by atoms with Gasteiger partial charge in [0.05, 0.1) is 19.4 Å². The highest BCUT2D eigenvalue weighted by molar-refractivity contribution is 7.89. The van der Waals surface area contributed by atoms with Crippen LogP contribution in [0.15, 0.2) is 11.2 Å². The standard InChI is InChI=1S/C14H24N4O5S.ClH/c1-3-23-13(19)11-8-16-18-12(11)24(20,21)17-9-14(10-22-2)4-6-15-7-5-14;/h8,15,17H,3-7,9-10H2,1-2H3,(H,16,18);1H. The number of carbonyl (C=O) groups is 1. The minimum atomic E-state index is -3.91. The summed E-state index contributed by atoms with van der Waals surface area (Å²) < 4.78 is 37.8. The van der Waals surface area contributed by atoms with E-state index in [9.17, 15) is 13.2 Å². The van der Waals surface area contributed by atoms with E-state index in [0.29, 0.717) is 6.61 Å². The molecule has 1 aliphatic rings. The highest BCUT2D eigenvalue weighted by atomic mass is 35.5. The van der Waals surface area contributed by atoms with Crippen LogP contribution in [0, 0.1) is 5.41 Å². The number of aromatic amines is 1. The van der Waals surface area contributed by atoms with Gasteiger partial charge in [0.15, 0.2) is 5.03 Å². The van der Waals surface area contributed by atoms with E-state index in [1.165, 1.54) is 0 Å². The van der Waals surface area contributed by atoms with E-state index in [1.54, 1.807) is 14.0 Å². The Morgan fingerprint density at radius 2 is 2.08 bits per heavy atom. The summed E-state index contributed by atoms with van der Waals surface area (Å²) in [4.78, 5) is 11.8. The van der Waals surface area contributed by atoms with Gasteiger partial charge in [-0.1, -0.05) is 0 Å². The number of ether oxygens (including phenoxy) is 2. The number of rotatable bonds is 8. The number of nitrogens with one attached hydrogen (secondary N) is 3. The highest BCUT2D eigenvalue weighted by Gasteiger charge is 2.35. The first kappa shape index (κ1) is 21.8. The first-order chi connectivity index (χ1) is 11.4. The Bertz CT molecular complexity index is 652. The molecule has 144 valence electrons. The zero-order chi connectivity index (χ0) is 17.6. The number of hydrogen-bond acceptors (Lipinski definition) is 7. The molecular weight excluding hydrogens is 372 g/mol. The summed E-state index contributed by atoms with van der Waals surface area (Å²) in [6.45, 7) is 4.11. The van der Waals surface area contributed by atoms with Crippen molar-refractivity contribution in [2.45, 2.75) is 24.8 Å². The van der Waals surface area contributed by atoms with Crippen molar-refractivity contribution >= 4 is 28.4 Å². The van der Waals surface area contributed by atoms with Crippen LogP contribution in [0.4, 0.5) is 0 Å². The van der Waals surface area contributed by atoms with Crippen LogP contribution in [0.3, 0.4) is 0 Å². The Morgan fingerprint density at radius 1 is 1.40 bits per heavy atom. The third kappa shape index (κ3) is 5.38. The number of hydrogen-bond donors (Lipinski definition) is 3. The summed E-state index contributed by atoms with van der Waals surface area (Å²) in [6, 6.07) is 0. The Balaban J connectivity index is 0.00000312. The molecule has 2 rings (SSSR count). The van der Waals surface area contributed by atoms with Gasteiger partial charge in [-0.3, -0.25) is 5.10 Å². The topological polar surface area (TPSA) is 122 Å². The molecule has 25 heavy (non-hydrogen) atoms. The van der Waals surface area contributed by atoms with Gasteiger partial charge < -0.3 is 14.8 Å².